The summed E-state index contributed by atoms with van der Waals surface area (Å²) in [6.07, 6.45) is 5.62. The molecule has 3 heteroatoms. The number of unbranched alkanes of at least 4 members (excludes halogenated alkanes) is 1. The summed E-state index contributed by atoms with van der Waals surface area (Å²) in [5, 5.41) is 0.962. The van der Waals surface area contributed by atoms with Crippen LogP contribution in [0.25, 0.3) is 0 Å². The largest absolute Gasteiger partial charge is 0.494 e. The van der Waals surface area contributed by atoms with Crippen LogP contribution in [0.3, 0.4) is 0 Å². The lowest BCUT2D eigenvalue weighted by Gasteiger charge is -2.31. The van der Waals surface area contributed by atoms with Gasteiger partial charge in [0.2, 0.25) is 0 Å². The van der Waals surface area contributed by atoms with E-state index in [2.05, 4.69) is 29.8 Å². The Labute approximate surface area is 124 Å². The predicted octanol–water partition coefficient (Wildman–Crippen LogP) is 5.36. The van der Waals surface area contributed by atoms with Crippen LogP contribution >= 0.6 is 15.9 Å². The van der Waals surface area contributed by atoms with Crippen LogP contribution in [0, 0.1) is 11.2 Å². The van der Waals surface area contributed by atoms with Crippen molar-refractivity contribution in [3.63, 3.8) is 0 Å². The number of alkyl halides is 1. The van der Waals surface area contributed by atoms with Crippen molar-refractivity contribution in [2.45, 2.75) is 46.0 Å². The van der Waals surface area contributed by atoms with Crippen molar-refractivity contribution in [1.82, 2.24) is 0 Å². The average molecular weight is 331 g/mol. The molecule has 1 nitrogen and oxygen atoms in total. The molecule has 1 rings (SSSR count). The number of ether oxygens (including phenoxy) is 1. The summed E-state index contributed by atoms with van der Waals surface area (Å²) in [6.45, 7) is 4.43. The Bertz CT molecular complexity index is 388. The van der Waals surface area contributed by atoms with Gasteiger partial charge in [-0.05, 0) is 42.4 Å². The molecule has 0 spiro atoms. The minimum Gasteiger partial charge on any atom is -0.494 e. The van der Waals surface area contributed by atoms with Crippen molar-refractivity contribution in [2.75, 3.05) is 12.4 Å². The van der Waals surface area contributed by atoms with Gasteiger partial charge in [0.15, 0.2) is 11.6 Å². The molecule has 0 saturated heterocycles. The number of methoxy groups -OCH3 is 1. The standard InChI is InChI=1S/C16H24BrFO/c1-4-6-9-16(5-2,12-17)11-13-7-8-15(19-3)14(18)10-13/h7-8,10H,4-6,9,11-12H2,1-3H3. The molecule has 0 aromatic heterocycles. The monoisotopic (exact) mass is 330 g/mol. The summed E-state index contributed by atoms with van der Waals surface area (Å²) in [7, 11) is 1.49. The second-order valence-corrected chi connectivity index (χ2v) is 5.80. The van der Waals surface area contributed by atoms with Gasteiger partial charge >= 0.3 is 0 Å². The first-order valence-electron chi connectivity index (χ1n) is 6.99. The van der Waals surface area contributed by atoms with E-state index in [1.54, 1.807) is 12.1 Å². The van der Waals surface area contributed by atoms with Gasteiger partial charge in [0.1, 0.15) is 0 Å². The van der Waals surface area contributed by atoms with Crippen LogP contribution in [0.5, 0.6) is 5.75 Å². The molecule has 0 bridgehead atoms. The molecule has 0 N–H and O–H groups in total. The second-order valence-electron chi connectivity index (χ2n) is 5.24. The average Bonchev–Trinajstić information content (AvgIpc) is 2.44. The Morgan fingerprint density at radius 1 is 1.32 bits per heavy atom. The van der Waals surface area contributed by atoms with E-state index >= 15 is 0 Å². The molecular formula is C16H24BrFO. The highest BCUT2D eigenvalue weighted by atomic mass is 79.9. The van der Waals surface area contributed by atoms with Crippen LogP contribution in [0.1, 0.15) is 45.1 Å². The molecule has 0 radical (unpaired) electrons. The summed E-state index contributed by atoms with van der Waals surface area (Å²) < 4.78 is 18.7. The highest BCUT2D eigenvalue weighted by Gasteiger charge is 2.27. The molecule has 1 unspecified atom stereocenters. The van der Waals surface area contributed by atoms with E-state index in [4.69, 9.17) is 4.74 Å². The zero-order valence-corrected chi connectivity index (χ0v) is 13.7. The summed E-state index contributed by atoms with van der Waals surface area (Å²) >= 11 is 3.65. The summed E-state index contributed by atoms with van der Waals surface area (Å²) in [5.74, 6) is 0.0494. The molecule has 0 aliphatic carbocycles. The molecule has 0 saturated carbocycles. The Hall–Kier alpha value is -0.570. The van der Waals surface area contributed by atoms with Crippen molar-refractivity contribution in [1.29, 1.82) is 0 Å². The third-order valence-electron chi connectivity index (χ3n) is 3.89. The Kier molecular flexibility index (Phi) is 6.84. The van der Waals surface area contributed by atoms with E-state index < -0.39 is 0 Å². The maximum Gasteiger partial charge on any atom is 0.165 e. The molecule has 108 valence electrons. The minimum atomic E-state index is -0.268. The van der Waals surface area contributed by atoms with Crippen molar-refractivity contribution >= 4 is 15.9 Å². The van der Waals surface area contributed by atoms with Crippen LogP contribution < -0.4 is 4.74 Å². The quantitative estimate of drug-likeness (QED) is 0.583. The Morgan fingerprint density at radius 3 is 2.53 bits per heavy atom. The minimum absolute atomic E-state index is 0.233. The van der Waals surface area contributed by atoms with Gasteiger partial charge in [-0.2, -0.15) is 0 Å². The van der Waals surface area contributed by atoms with Gasteiger partial charge in [0.25, 0.3) is 0 Å². The highest BCUT2D eigenvalue weighted by Crippen LogP contribution is 2.35. The molecule has 0 fully saturated rings. The van der Waals surface area contributed by atoms with Crippen molar-refractivity contribution in [2.24, 2.45) is 5.41 Å². The maximum atomic E-state index is 13.7. The lowest BCUT2D eigenvalue weighted by atomic mass is 9.77. The topological polar surface area (TPSA) is 9.23 Å². The van der Waals surface area contributed by atoms with Crippen molar-refractivity contribution in [3.05, 3.63) is 29.6 Å². The molecule has 1 atom stereocenters. The third kappa shape index (κ3) is 4.48. The number of rotatable bonds is 8. The van der Waals surface area contributed by atoms with Crippen LogP contribution in [0.15, 0.2) is 18.2 Å². The Morgan fingerprint density at radius 2 is 2.05 bits per heavy atom. The summed E-state index contributed by atoms with van der Waals surface area (Å²) in [5.41, 5.74) is 1.28. The molecule has 0 aliphatic heterocycles. The van der Waals surface area contributed by atoms with Gasteiger partial charge in [-0.3, -0.25) is 0 Å². The highest BCUT2D eigenvalue weighted by molar-refractivity contribution is 9.09. The third-order valence-corrected chi connectivity index (χ3v) is 5.08. The number of hydrogen-bond donors (Lipinski definition) is 0. The SMILES string of the molecule is CCCCC(CC)(CBr)Cc1ccc(OC)c(F)c1. The Balaban J connectivity index is 2.86. The summed E-state index contributed by atoms with van der Waals surface area (Å²) in [4.78, 5) is 0. The number of hydrogen-bond acceptors (Lipinski definition) is 1. The lowest BCUT2D eigenvalue weighted by molar-refractivity contribution is 0.283. The molecule has 19 heavy (non-hydrogen) atoms. The molecule has 0 aliphatic rings. The van der Waals surface area contributed by atoms with Gasteiger partial charge in [0.05, 0.1) is 7.11 Å². The van der Waals surface area contributed by atoms with Crippen LogP contribution in [-0.2, 0) is 6.42 Å². The first-order valence-corrected chi connectivity index (χ1v) is 8.11. The first-order chi connectivity index (χ1) is 9.10. The van der Waals surface area contributed by atoms with Crippen LogP contribution in [0.2, 0.25) is 0 Å². The van der Waals surface area contributed by atoms with E-state index in [0.717, 1.165) is 23.7 Å². The van der Waals surface area contributed by atoms with Crippen LogP contribution in [0.4, 0.5) is 4.39 Å². The molecule has 1 aromatic rings. The van der Waals surface area contributed by atoms with E-state index in [1.165, 1.54) is 26.4 Å². The molecular weight excluding hydrogens is 307 g/mol. The van der Waals surface area contributed by atoms with Gasteiger partial charge in [-0.1, -0.05) is 48.7 Å². The second kappa shape index (κ2) is 7.88. The fourth-order valence-electron chi connectivity index (χ4n) is 2.40. The van der Waals surface area contributed by atoms with Gasteiger partial charge in [-0.15, -0.1) is 0 Å². The molecule has 1 aromatic carbocycles. The number of halogens is 2. The van der Waals surface area contributed by atoms with E-state index in [-0.39, 0.29) is 11.2 Å². The van der Waals surface area contributed by atoms with Crippen molar-refractivity contribution < 1.29 is 9.13 Å². The normalized spacial score (nSPS) is 14.2. The molecule has 0 amide bonds. The predicted molar refractivity (Wildman–Crippen MR) is 82.7 cm³/mol. The van der Waals surface area contributed by atoms with Crippen LogP contribution in [-0.4, -0.2) is 12.4 Å². The van der Waals surface area contributed by atoms with Crippen molar-refractivity contribution in [3.8, 4) is 5.75 Å². The van der Waals surface area contributed by atoms with E-state index in [1.807, 2.05) is 6.07 Å². The number of benzene rings is 1. The first kappa shape index (κ1) is 16.5. The smallest absolute Gasteiger partial charge is 0.165 e. The zero-order chi connectivity index (χ0) is 14.3. The molecule has 0 heterocycles. The lowest BCUT2D eigenvalue weighted by Crippen LogP contribution is -2.25. The van der Waals surface area contributed by atoms with Gasteiger partial charge in [-0.25, -0.2) is 4.39 Å². The zero-order valence-electron chi connectivity index (χ0n) is 12.1. The fourth-order valence-corrected chi connectivity index (χ4v) is 3.28. The van der Waals surface area contributed by atoms with E-state index in [9.17, 15) is 4.39 Å². The summed E-state index contributed by atoms with van der Waals surface area (Å²) in [6, 6.07) is 5.30. The maximum absolute atomic E-state index is 13.7. The van der Waals surface area contributed by atoms with Gasteiger partial charge < -0.3 is 4.74 Å². The van der Waals surface area contributed by atoms with Gasteiger partial charge in [0, 0.05) is 5.33 Å². The fraction of sp³-hybridized carbons (Fsp3) is 0.625. The van der Waals surface area contributed by atoms with E-state index in [0.29, 0.717) is 5.75 Å².